The zero-order valence-electron chi connectivity index (χ0n) is 9.30. The Bertz CT molecular complexity index is 375. The van der Waals surface area contributed by atoms with Crippen LogP contribution in [0.3, 0.4) is 0 Å². The summed E-state index contributed by atoms with van der Waals surface area (Å²) in [6.45, 7) is 3.35. The van der Waals surface area contributed by atoms with Gasteiger partial charge in [-0.3, -0.25) is 0 Å². The normalized spacial score (nSPS) is 11.9. The molecule has 0 heterocycles. The van der Waals surface area contributed by atoms with E-state index in [0.717, 1.165) is 0 Å². The van der Waals surface area contributed by atoms with E-state index in [1.807, 2.05) is 0 Å². The van der Waals surface area contributed by atoms with Gasteiger partial charge >= 0.3 is 0 Å². The SMILES string of the molecule is CNC(C)(C)Cc1c(F)c(F)cc(F)c1F. The van der Waals surface area contributed by atoms with Crippen molar-refractivity contribution in [1.82, 2.24) is 5.32 Å². The van der Waals surface area contributed by atoms with E-state index < -0.39 is 34.4 Å². The standard InChI is InChI=1S/C11H13F4N/c1-11(2,16-3)5-6-9(14)7(12)4-8(13)10(6)15/h4,16H,5H2,1-3H3. The molecule has 0 amide bonds. The van der Waals surface area contributed by atoms with Gasteiger partial charge < -0.3 is 5.32 Å². The maximum atomic E-state index is 13.3. The van der Waals surface area contributed by atoms with Gasteiger partial charge in [0, 0.05) is 17.2 Å². The minimum atomic E-state index is -1.37. The zero-order valence-corrected chi connectivity index (χ0v) is 9.30. The topological polar surface area (TPSA) is 12.0 Å². The van der Waals surface area contributed by atoms with Gasteiger partial charge in [0.05, 0.1) is 0 Å². The van der Waals surface area contributed by atoms with Crippen molar-refractivity contribution in [2.75, 3.05) is 7.05 Å². The number of halogens is 4. The van der Waals surface area contributed by atoms with E-state index in [1.165, 1.54) is 0 Å². The lowest BCUT2D eigenvalue weighted by Crippen LogP contribution is -2.39. The average Bonchev–Trinajstić information content (AvgIpc) is 2.22. The molecule has 1 N–H and O–H groups in total. The van der Waals surface area contributed by atoms with Crippen LogP contribution in [0.2, 0.25) is 0 Å². The molecule has 0 bridgehead atoms. The first kappa shape index (κ1) is 13.0. The first-order valence-corrected chi connectivity index (χ1v) is 4.79. The minimum Gasteiger partial charge on any atom is -0.314 e. The summed E-state index contributed by atoms with van der Waals surface area (Å²) in [5.41, 5.74) is -1.22. The predicted octanol–water partition coefficient (Wildman–Crippen LogP) is 2.78. The number of benzene rings is 1. The Morgan fingerprint density at radius 1 is 1.06 bits per heavy atom. The van der Waals surface area contributed by atoms with Gasteiger partial charge in [-0.1, -0.05) is 0 Å². The van der Waals surface area contributed by atoms with E-state index in [2.05, 4.69) is 5.32 Å². The Kier molecular flexibility index (Phi) is 3.57. The van der Waals surface area contributed by atoms with E-state index in [1.54, 1.807) is 20.9 Å². The molecule has 1 aromatic carbocycles. The molecule has 1 aromatic rings. The van der Waals surface area contributed by atoms with Crippen LogP contribution in [0.1, 0.15) is 19.4 Å². The largest absolute Gasteiger partial charge is 0.314 e. The summed E-state index contributed by atoms with van der Waals surface area (Å²) in [6.07, 6.45) is -0.143. The monoisotopic (exact) mass is 235 g/mol. The van der Waals surface area contributed by atoms with Crippen LogP contribution in [0.15, 0.2) is 6.07 Å². The third-order valence-electron chi connectivity index (χ3n) is 2.50. The molecule has 0 aliphatic heterocycles. The second kappa shape index (κ2) is 4.41. The number of likely N-dealkylation sites (N-methyl/N-ethyl adjacent to an activating group) is 1. The molecular weight excluding hydrogens is 222 g/mol. The maximum Gasteiger partial charge on any atom is 0.165 e. The van der Waals surface area contributed by atoms with Crippen LogP contribution in [-0.2, 0) is 6.42 Å². The van der Waals surface area contributed by atoms with Crippen LogP contribution < -0.4 is 5.32 Å². The third kappa shape index (κ3) is 2.52. The van der Waals surface area contributed by atoms with Gasteiger partial charge in [0.2, 0.25) is 0 Å². The van der Waals surface area contributed by atoms with Crippen LogP contribution in [0, 0.1) is 23.3 Å². The molecule has 0 saturated carbocycles. The Labute approximate surface area is 91.5 Å². The molecule has 16 heavy (non-hydrogen) atoms. The Hall–Kier alpha value is -1.10. The van der Waals surface area contributed by atoms with E-state index in [-0.39, 0.29) is 12.5 Å². The average molecular weight is 235 g/mol. The fourth-order valence-corrected chi connectivity index (χ4v) is 1.31. The summed E-state index contributed by atoms with van der Waals surface area (Å²) in [5.74, 6) is -5.41. The van der Waals surface area contributed by atoms with Crippen LogP contribution in [0.4, 0.5) is 17.6 Å². The minimum absolute atomic E-state index is 0.143. The number of hydrogen-bond acceptors (Lipinski definition) is 1. The summed E-state index contributed by atoms with van der Waals surface area (Å²) >= 11 is 0. The van der Waals surface area contributed by atoms with Crippen molar-refractivity contribution in [1.29, 1.82) is 0 Å². The van der Waals surface area contributed by atoms with Gasteiger partial charge in [0.15, 0.2) is 23.3 Å². The van der Waals surface area contributed by atoms with Crippen LogP contribution >= 0.6 is 0 Å². The molecule has 0 aliphatic rings. The summed E-state index contributed by atoms with van der Waals surface area (Å²) in [5, 5.41) is 2.80. The highest BCUT2D eigenvalue weighted by Gasteiger charge is 2.25. The van der Waals surface area contributed by atoms with E-state index in [9.17, 15) is 17.6 Å². The fourth-order valence-electron chi connectivity index (χ4n) is 1.31. The second-order valence-electron chi connectivity index (χ2n) is 4.26. The van der Waals surface area contributed by atoms with Gasteiger partial charge in [-0.05, 0) is 27.3 Å². The summed E-state index contributed by atoms with van der Waals surface area (Å²) < 4.78 is 52.4. The molecule has 0 saturated heterocycles. The molecule has 0 atom stereocenters. The third-order valence-corrected chi connectivity index (χ3v) is 2.50. The van der Waals surface area contributed by atoms with Gasteiger partial charge in [-0.2, -0.15) is 0 Å². The van der Waals surface area contributed by atoms with Crippen molar-refractivity contribution >= 4 is 0 Å². The molecule has 0 unspecified atom stereocenters. The molecule has 1 rings (SSSR count). The van der Waals surface area contributed by atoms with Crippen LogP contribution in [0.25, 0.3) is 0 Å². The predicted molar refractivity (Wildman–Crippen MR) is 53.1 cm³/mol. The van der Waals surface area contributed by atoms with Crippen molar-refractivity contribution < 1.29 is 17.6 Å². The molecule has 0 fully saturated rings. The van der Waals surface area contributed by atoms with Crippen molar-refractivity contribution in [3.8, 4) is 0 Å². The number of nitrogens with one attached hydrogen (secondary N) is 1. The fraction of sp³-hybridized carbons (Fsp3) is 0.455. The second-order valence-corrected chi connectivity index (χ2v) is 4.26. The summed E-state index contributed by atoms with van der Waals surface area (Å²) in [4.78, 5) is 0. The molecule has 0 spiro atoms. The molecule has 0 aliphatic carbocycles. The molecule has 90 valence electrons. The highest BCUT2D eigenvalue weighted by atomic mass is 19.2. The van der Waals surface area contributed by atoms with Gasteiger partial charge in [-0.15, -0.1) is 0 Å². The first-order valence-electron chi connectivity index (χ1n) is 4.79. The quantitative estimate of drug-likeness (QED) is 0.627. The molecule has 0 aromatic heterocycles. The lowest BCUT2D eigenvalue weighted by Gasteiger charge is -2.24. The summed E-state index contributed by atoms with van der Waals surface area (Å²) in [7, 11) is 1.60. The van der Waals surface area contributed by atoms with Gasteiger partial charge in [-0.25, -0.2) is 17.6 Å². The molecular formula is C11H13F4N. The highest BCUT2D eigenvalue weighted by molar-refractivity contribution is 5.24. The van der Waals surface area contributed by atoms with Crippen LogP contribution in [-0.4, -0.2) is 12.6 Å². The van der Waals surface area contributed by atoms with Gasteiger partial charge in [0.25, 0.3) is 0 Å². The number of rotatable bonds is 3. The highest BCUT2D eigenvalue weighted by Crippen LogP contribution is 2.23. The number of hydrogen-bond donors (Lipinski definition) is 1. The van der Waals surface area contributed by atoms with E-state index in [0.29, 0.717) is 0 Å². The Morgan fingerprint density at radius 3 is 1.88 bits per heavy atom. The van der Waals surface area contributed by atoms with E-state index in [4.69, 9.17) is 0 Å². The first-order chi connectivity index (χ1) is 7.28. The maximum absolute atomic E-state index is 13.3. The lowest BCUT2D eigenvalue weighted by atomic mass is 9.94. The smallest absolute Gasteiger partial charge is 0.165 e. The molecule has 1 nitrogen and oxygen atoms in total. The molecule has 0 radical (unpaired) electrons. The Morgan fingerprint density at radius 2 is 1.50 bits per heavy atom. The summed E-state index contributed by atoms with van der Waals surface area (Å²) in [6, 6.07) is 0.209. The molecule has 5 heteroatoms. The van der Waals surface area contributed by atoms with Gasteiger partial charge in [0.1, 0.15) is 0 Å². The van der Waals surface area contributed by atoms with Crippen LogP contribution in [0.5, 0.6) is 0 Å². The van der Waals surface area contributed by atoms with Crippen molar-refractivity contribution in [3.63, 3.8) is 0 Å². The van der Waals surface area contributed by atoms with Crippen molar-refractivity contribution in [2.45, 2.75) is 25.8 Å². The Balaban J connectivity index is 3.23. The van der Waals surface area contributed by atoms with Crippen molar-refractivity contribution in [2.24, 2.45) is 0 Å². The zero-order chi connectivity index (χ0) is 12.5. The van der Waals surface area contributed by atoms with E-state index >= 15 is 0 Å². The lowest BCUT2D eigenvalue weighted by molar-refractivity contribution is 0.382. The van der Waals surface area contributed by atoms with Crippen molar-refractivity contribution in [3.05, 3.63) is 34.9 Å².